The lowest BCUT2D eigenvalue weighted by Crippen LogP contribution is -1.86. The Morgan fingerprint density at radius 2 is 1.74 bits per heavy atom. The fraction of sp³-hybridized carbons (Fsp3) is 0. The molecular weight excluding hydrogens is 391 g/mol. The summed E-state index contributed by atoms with van der Waals surface area (Å²) in [6, 6.07) is 16.6. The number of pyridine rings is 1. The van der Waals surface area contributed by atoms with Crippen LogP contribution in [0.4, 0.5) is 4.39 Å². The Hall–Kier alpha value is -4.39. The first-order valence-corrected chi connectivity index (χ1v) is 9.75. The van der Waals surface area contributed by atoms with Gasteiger partial charge in [0.1, 0.15) is 5.82 Å². The summed E-state index contributed by atoms with van der Waals surface area (Å²) >= 11 is 0. The van der Waals surface area contributed by atoms with Gasteiger partial charge >= 0.3 is 0 Å². The second-order valence-electron chi connectivity index (χ2n) is 7.24. The first-order valence-electron chi connectivity index (χ1n) is 9.75. The summed E-state index contributed by atoms with van der Waals surface area (Å²) in [5.41, 5.74) is 6.67. The van der Waals surface area contributed by atoms with Crippen molar-refractivity contribution in [3.8, 4) is 33.8 Å². The second-order valence-corrected chi connectivity index (χ2v) is 7.24. The predicted molar refractivity (Wildman–Crippen MR) is 118 cm³/mol. The molecule has 0 aliphatic carbocycles. The van der Waals surface area contributed by atoms with E-state index in [0.717, 1.165) is 50.1 Å². The molecule has 0 aliphatic heterocycles. The van der Waals surface area contributed by atoms with Crippen molar-refractivity contribution >= 4 is 21.9 Å². The normalized spacial score (nSPS) is 11.4. The largest absolute Gasteiger partial charge is 0.353 e. The number of hydrogen-bond donors (Lipinski definition) is 2. The highest BCUT2D eigenvalue weighted by Crippen LogP contribution is 2.34. The fourth-order valence-corrected chi connectivity index (χ4v) is 3.89. The number of nitrogens with zero attached hydrogens (tertiary/aromatic N) is 4. The van der Waals surface area contributed by atoms with Crippen LogP contribution < -0.4 is 0 Å². The number of fused-ring (bicyclic) bond motifs is 2. The first-order chi connectivity index (χ1) is 15.3. The van der Waals surface area contributed by atoms with Gasteiger partial charge in [-0.15, -0.1) is 0 Å². The van der Waals surface area contributed by atoms with Gasteiger partial charge in [0, 0.05) is 40.4 Å². The molecule has 2 N–H and O–H groups in total. The lowest BCUT2D eigenvalue weighted by Gasteiger charge is -2.03. The summed E-state index contributed by atoms with van der Waals surface area (Å²) in [7, 11) is 0. The third kappa shape index (κ3) is 2.95. The Bertz CT molecular complexity index is 1550. The zero-order chi connectivity index (χ0) is 20.8. The van der Waals surface area contributed by atoms with Crippen molar-refractivity contribution in [1.82, 2.24) is 30.1 Å². The van der Waals surface area contributed by atoms with Gasteiger partial charge in [-0.3, -0.25) is 15.1 Å². The molecule has 0 radical (unpaired) electrons. The van der Waals surface area contributed by atoms with Crippen LogP contribution in [-0.4, -0.2) is 30.1 Å². The van der Waals surface area contributed by atoms with Gasteiger partial charge in [-0.1, -0.05) is 24.3 Å². The fourth-order valence-electron chi connectivity index (χ4n) is 3.89. The molecular formula is C24H15FN6. The van der Waals surface area contributed by atoms with Crippen LogP contribution in [0.25, 0.3) is 55.7 Å². The molecule has 0 spiro atoms. The smallest absolute Gasteiger partial charge is 0.181 e. The van der Waals surface area contributed by atoms with Gasteiger partial charge < -0.3 is 4.98 Å². The zero-order valence-corrected chi connectivity index (χ0v) is 16.2. The maximum Gasteiger partial charge on any atom is 0.181 e. The van der Waals surface area contributed by atoms with Crippen molar-refractivity contribution in [2.24, 2.45) is 0 Å². The van der Waals surface area contributed by atoms with E-state index in [1.807, 2.05) is 30.3 Å². The van der Waals surface area contributed by atoms with E-state index in [1.165, 1.54) is 6.07 Å². The highest BCUT2D eigenvalue weighted by molar-refractivity contribution is 6.01. The number of rotatable bonds is 3. The summed E-state index contributed by atoms with van der Waals surface area (Å²) in [6.07, 6.45) is 6.74. The van der Waals surface area contributed by atoms with E-state index in [0.29, 0.717) is 5.65 Å². The van der Waals surface area contributed by atoms with Crippen LogP contribution in [0.2, 0.25) is 0 Å². The number of halogens is 1. The lowest BCUT2D eigenvalue weighted by molar-refractivity contribution is 0.628. The van der Waals surface area contributed by atoms with E-state index in [-0.39, 0.29) is 5.82 Å². The number of H-pyrrole nitrogens is 2. The Morgan fingerprint density at radius 3 is 2.61 bits per heavy atom. The molecule has 0 atom stereocenters. The number of aromatic amines is 2. The number of hydrogen-bond acceptors (Lipinski definition) is 4. The van der Waals surface area contributed by atoms with Crippen molar-refractivity contribution < 1.29 is 4.39 Å². The molecule has 4 heterocycles. The minimum Gasteiger partial charge on any atom is -0.353 e. The Morgan fingerprint density at radius 1 is 0.806 bits per heavy atom. The van der Waals surface area contributed by atoms with Crippen LogP contribution in [0.3, 0.4) is 0 Å². The van der Waals surface area contributed by atoms with Gasteiger partial charge in [-0.05, 0) is 41.5 Å². The second kappa shape index (κ2) is 6.84. The Labute approximate surface area is 175 Å². The van der Waals surface area contributed by atoms with E-state index in [2.05, 4.69) is 36.2 Å². The average Bonchev–Trinajstić information content (AvgIpc) is 3.43. The van der Waals surface area contributed by atoms with E-state index in [9.17, 15) is 4.39 Å². The van der Waals surface area contributed by atoms with Gasteiger partial charge in [0.15, 0.2) is 5.65 Å². The predicted octanol–water partition coefficient (Wildman–Crippen LogP) is 5.37. The summed E-state index contributed by atoms with van der Waals surface area (Å²) < 4.78 is 13.8. The molecule has 0 bridgehead atoms. The highest BCUT2D eigenvalue weighted by Gasteiger charge is 2.15. The number of aromatic nitrogens is 6. The number of benzene rings is 2. The van der Waals surface area contributed by atoms with Crippen LogP contribution in [0.1, 0.15) is 0 Å². The quantitative estimate of drug-likeness (QED) is 0.414. The molecule has 4 aromatic heterocycles. The molecule has 6 aromatic rings. The van der Waals surface area contributed by atoms with Gasteiger partial charge in [-0.25, -0.2) is 9.37 Å². The van der Waals surface area contributed by atoms with Gasteiger partial charge in [0.2, 0.25) is 0 Å². The molecule has 0 fully saturated rings. The maximum absolute atomic E-state index is 13.8. The molecule has 0 aliphatic rings. The van der Waals surface area contributed by atoms with Crippen molar-refractivity contribution in [2.45, 2.75) is 0 Å². The maximum atomic E-state index is 13.8. The van der Waals surface area contributed by atoms with Gasteiger partial charge in [0.25, 0.3) is 0 Å². The molecule has 7 heteroatoms. The molecule has 0 amide bonds. The van der Waals surface area contributed by atoms with E-state index in [4.69, 9.17) is 0 Å². The molecule has 0 saturated carbocycles. The van der Waals surface area contributed by atoms with Crippen molar-refractivity contribution in [2.75, 3.05) is 0 Å². The summed E-state index contributed by atoms with van der Waals surface area (Å²) in [5, 5.41) is 9.33. The van der Waals surface area contributed by atoms with E-state index >= 15 is 0 Å². The third-order valence-electron chi connectivity index (χ3n) is 5.34. The third-order valence-corrected chi connectivity index (χ3v) is 5.34. The molecule has 6 rings (SSSR count). The molecule has 2 aromatic carbocycles. The molecule has 148 valence electrons. The lowest BCUT2D eigenvalue weighted by atomic mass is 10.0. The van der Waals surface area contributed by atoms with Gasteiger partial charge in [0.05, 0.1) is 23.3 Å². The minimum atomic E-state index is -0.257. The summed E-state index contributed by atoms with van der Waals surface area (Å²) in [6.45, 7) is 0. The Balaban J connectivity index is 1.52. The molecule has 31 heavy (non-hydrogen) atoms. The summed E-state index contributed by atoms with van der Waals surface area (Å²) in [5.74, 6) is -0.257. The zero-order valence-electron chi connectivity index (χ0n) is 16.2. The minimum absolute atomic E-state index is 0.257. The van der Waals surface area contributed by atoms with Crippen LogP contribution in [-0.2, 0) is 0 Å². The monoisotopic (exact) mass is 406 g/mol. The molecule has 6 nitrogen and oxygen atoms in total. The average molecular weight is 406 g/mol. The van der Waals surface area contributed by atoms with Gasteiger partial charge in [-0.2, -0.15) is 5.10 Å². The van der Waals surface area contributed by atoms with Crippen molar-refractivity contribution in [1.29, 1.82) is 0 Å². The Kier molecular flexibility index (Phi) is 3.86. The van der Waals surface area contributed by atoms with Crippen molar-refractivity contribution in [3.05, 3.63) is 85.2 Å². The SMILES string of the molecule is Fc1cccc(-c2cccc3[nH]c(-c4[nH]nc5ncc(-c6cnccn6)cc45)cc23)c1. The van der Waals surface area contributed by atoms with Crippen LogP contribution in [0.5, 0.6) is 0 Å². The van der Waals surface area contributed by atoms with Crippen LogP contribution in [0, 0.1) is 5.82 Å². The highest BCUT2D eigenvalue weighted by atomic mass is 19.1. The first kappa shape index (κ1) is 17.5. The van der Waals surface area contributed by atoms with E-state index in [1.54, 1.807) is 36.9 Å². The molecule has 0 unspecified atom stereocenters. The van der Waals surface area contributed by atoms with E-state index < -0.39 is 0 Å². The number of nitrogens with one attached hydrogen (secondary N) is 2. The topological polar surface area (TPSA) is 83.1 Å². The summed E-state index contributed by atoms with van der Waals surface area (Å²) in [4.78, 5) is 16.4. The van der Waals surface area contributed by atoms with Crippen molar-refractivity contribution in [3.63, 3.8) is 0 Å². The van der Waals surface area contributed by atoms with Crippen LogP contribution in [0.15, 0.2) is 79.4 Å². The molecule has 0 saturated heterocycles. The van der Waals surface area contributed by atoms with Crippen LogP contribution >= 0.6 is 0 Å². The standard InChI is InChI=1S/C24H15FN6/c25-16-4-1-3-14(9-16)17-5-2-6-20-18(17)11-21(29-20)23-19-10-15(12-28-24(19)31-30-23)22-13-26-7-8-27-22/h1-13,29H,(H,28,30,31).